The Morgan fingerprint density at radius 2 is 1.98 bits per heavy atom. The standard InChI is InChI=1S/C30H33N7O3/c1-20-14-23(3-5-26(20)37-12-10-36(11-13-37)24-18-39-19-24)34-28-8-9-32-30(35-28)21-2-6-27(22(15-21)16-31)40-25-4-7-29(38)33-17-25/h2-3,5-6,8-9,14-15,24-25H,4,7,10-13,17-19H2,1H3,(H,33,38)(H,32,34,35)/t25-/m1/s1. The van der Waals surface area contributed by atoms with Gasteiger partial charge in [0.15, 0.2) is 5.82 Å². The van der Waals surface area contributed by atoms with Gasteiger partial charge in [-0.15, -0.1) is 0 Å². The monoisotopic (exact) mass is 539 g/mol. The summed E-state index contributed by atoms with van der Waals surface area (Å²) < 4.78 is 11.4. The number of anilines is 3. The molecule has 10 nitrogen and oxygen atoms in total. The zero-order valence-corrected chi connectivity index (χ0v) is 22.6. The Labute approximate surface area is 233 Å². The molecule has 0 unspecified atom stereocenters. The maximum absolute atomic E-state index is 11.4. The highest BCUT2D eigenvalue weighted by atomic mass is 16.5. The van der Waals surface area contributed by atoms with Crippen LogP contribution in [0, 0.1) is 18.3 Å². The van der Waals surface area contributed by atoms with Crippen molar-refractivity contribution in [2.45, 2.75) is 31.9 Å². The van der Waals surface area contributed by atoms with Crippen LogP contribution in [0.1, 0.15) is 24.0 Å². The molecule has 2 N–H and O–H groups in total. The Morgan fingerprint density at radius 1 is 1.12 bits per heavy atom. The average molecular weight is 540 g/mol. The first-order valence-electron chi connectivity index (χ1n) is 13.8. The number of benzene rings is 2. The largest absolute Gasteiger partial charge is 0.487 e. The molecule has 3 fully saturated rings. The number of carbonyl (C=O) groups is 1. The molecule has 4 heterocycles. The van der Waals surface area contributed by atoms with Crippen LogP contribution in [-0.2, 0) is 9.53 Å². The maximum Gasteiger partial charge on any atom is 0.220 e. The molecule has 0 radical (unpaired) electrons. The van der Waals surface area contributed by atoms with Crippen molar-refractivity contribution < 1.29 is 14.3 Å². The van der Waals surface area contributed by atoms with Gasteiger partial charge in [-0.1, -0.05) is 0 Å². The molecule has 3 aliphatic heterocycles. The molecule has 6 rings (SSSR count). The highest BCUT2D eigenvalue weighted by Crippen LogP contribution is 2.29. The highest BCUT2D eigenvalue weighted by Gasteiger charge is 2.29. The lowest BCUT2D eigenvalue weighted by atomic mass is 10.1. The fourth-order valence-corrected chi connectivity index (χ4v) is 5.41. The Balaban J connectivity index is 1.12. The third-order valence-electron chi connectivity index (χ3n) is 7.79. The van der Waals surface area contributed by atoms with E-state index in [4.69, 9.17) is 14.5 Å². The van der Waals surface area contributed by atoms with E-state index >= 15 is 0 Å². The van der Waals surface area contributed by atoms with E-state index in [9.17, 15) is 10.1 Å². The number of hydrogen-bond donors (Lipinski definition) is 2. The number of nitrogens with zero attached hydrogens (tertiary/aromatic N) is 5. The summed E-state index contributed by atoms with van der Waals surface area (Å²) in [7, 11) is 0. The van der Waals surface area contributed by atoms with Gasteiger partial charge in [0, 0.05) is 55.7 Å². The average Bonchev–Trinajstić information content (AvgIpc) is 2.94. The number of aryl methyl sites for hydroxylation is 1. The van der Waals surface area contributed by atoms with Gasteiger partial charge in [0.2, 0.25) is 5.91 Å². The molecular formula is C30H33N7O3. The Kier molecular flexibility index (Phi) is 7.49. The van der Waals surface area contributed by atoms with Crippen LogP contribution in [0.25, 0.3) is 11.4 Å². The number of hydrogen-bond acceptors (Lipinski definition) is 9. The second kappa shape index (κ2) is 11.5. The zero-order chi connectivity index (χ0) is 27.5. The molecule has 206 valence electrons. The van der Waals surface area contributed by atoms with Gasteiger partial charge in [0.25, 0.3) is 0 Å². The Hall–Kier alpha value is -4.20. The third-order valence-corrected chi connectivity index (χ3v) is 7.79. The van der Waals surface area contributed by atoms with Gasteiger partial charge in [0.1, 0.15) is 23.7 Å². The van der Waals surface area contributed by atoms with Crippen molar-refractivity contribution in [2.24, 2.45) is 0 Å². The molecule has 1 aromatic heterocycles. The van der Waals surface area contributed by atoms with Crippen molar-refractivity contribution >= 4 is 23.1 Å². The summed E-state index contributed by atoms with van der Waals surface area (Å²) in [5, 5.41) is 15.9. The molecule has 0 bridgehead atoms. The van der Waals surface area contributed by atoms with Crippen LogP contribution in [0.2, 0.25) is 0 Å². The lowest BCUT2D eigenvalue weighted by molar-refractivity contribution is -0.123. The van der Waals surface area contributed by atoms with Crippen LogP contribution in [-0.4, -0.2) is 78.9 Å². The van der Waals surface area contributed by atoms with Gasteiger partial charge >= 0.3 is 0 Å². The van der Waals surface area contributed by atoms with Crippen LogP contribution < -0.4 is 20.3 Å². The number of amides is 1. The van der Waals surface area contributed by atoms with E-state index in [0.29, 0.717) is 48.4 Å². The Morgan fingerprint density at radius 3 is 2.67 bits per heavy atom. The minimum Gasteiger partial charge on any atom is -0.487 e. The minimum absolute atomic E-state index is 0.0289. The third kappa shape index (κ3) is 5.71. The van der Waals surface area contributed by atoms with Crippen molar-refractivity contribution in [2.75, 3.05) is 56.2 Å². The van der Waals surface area contributed by atoms with Crippen molar-refractivity contribution in [3.63, 3.8) is 0 Å². The van der Waals surface area contributed by atoms with Gasteiger partial charge in [-0.25, -0.2) is 9.97 Å². The summed E-state index contributed by atoms with van der Waals surface area (Å²) in [5.41, 5.74) is 4.57. The number of nitrogens with one attached hydrogen (secondary N) is 2. The van der Waals surface area contributed by atoms with Crippen molar-refractivity contribution in [3.8, 4) is 23.2 Å². The summed E-state index contributed by atoms with van der Waals surface area (Å²) in [6.07, 6.45) is 2.61. The normalized spacial score (nSPS) is 19.9. The number of rotatable bonds is 7. The summed E-state index contributed by atoms with van der Waals surface area (Å²) in [6, 6.07) is 16.4. The quantitative estimate of drug-likeness (QED) is 0.467. The van der Waals surface area contributed by atoms with E-state index in [1.165, 1.54) is 11.3 Å². The number of piperidine rings is 1. The van der Waals surface area contributed by atoms with E-state index in [0.717, 1.165) is 50.6 Å². The molecule has 10 heteroatoms. The first-order chi connectivity index (χ1) is 19.6. The van der Waals surface area contributed by atoms with Gasteiger partial charge in [-0.2, -0.15) is 5.26 Å². The number of aromatic nitrogens is 2. The molecular weight excluding hydrogens is 506 g/mol. The van der Waals surface area contributed by atoms with Crippen LogP contribution >= 0.6 is 0 Å². The molecule has 3 aliphatic rings. The van der Waals surface area contributed by atoms with E-state index in [1.54, 1.807) is 18.3 Å². The number of nitriles is 1. The van der Waals surface area contributed by atoms with Gasteiger partial charge in [-0.3, -0.25) is 9.69 Å². The molecule has 0 aliphatic carbocycles. The minimum atomic E-state index is -0.152. The lowest BCUT2D eigenvalue weighted by Gasteiger charge is -2.43. The van der Waals surface area contributed by atoms with E-state index < -0.39 is 0 Å². The number of piperazine rings is 1. The number of carbonyl (C=O) groups excluding carboxylic acids is 1. The zero-order valence-electron chi connectivity index (χ0n) is 22.6. The van der Waals surface area contributed by atoms with Crippen LogP contribution in [0.15, 0.2) is 48.7 Å². The van der Waals surface area contributed by atoms with E-state index in [1.807, 2.05) is 12.1 Å². The maximum atomic E-state index is 11.4. The second-order valence-electron chi connectivity index (χ2n) is 10.5. The summed E-state index contributed by atoms with van der Waals surface area (Å²) in [6.45, 7) is 8.49. The summed E-state index contributed by atoms with van der Waals surface area (Å²) >= 11 is 0. The molecule has 2 aromatic carbocycles. The molecule has 1 atom stereocenters. The van der Waals surface area contributed by atoms with Gasteiger partial charge in [-0.05, 0) is 61.4 Å². The first-order valence-corrected chi connectivity index (χ1v) is 13.8. The van der Waals surface area contributed by atoms with Crippen molar-refractivity contribution in [3.05, 3.63) is 59.8 Å². The highest BCUT2D eigenvalue weighted by molar-refractivity contribution is 5.76. The molecule has 0 saturated carbocycles. The fourth-order valence-electron chi connectivity index (χ4n) is 5.41. The van der Waals surface area contributed by atoms with Crippen LogP contribution in [0.4, 0.5) is 17.2 Å². The van der Waals surface area contributed by atoms with Crippen molar-refractivity contribution in [1.82, 2.24) is 20.2 Å². The molecule has 3 saturated heterocycles. The van der Waals surface area contributed by atoms with Gasteiger partial charge in [0.05, 0.1) is 31.4 Å². The van der Waals surface area contributed by atoms with Crippen molar-refractivity contribution in [1.29, 1.82) is 5.26 Å². The van der Waals surface area contributed by atoms with Crippen LogP contribution in [0.3, 0.4) is 0 Å². The van der Waals surface area contributed by atoms with E-state index in [2.05, 4.69) is 56.6 Å². The summed E-state index contributed by atoms with van der Waals surface area (Å²) in [5.74, 6) is 1.71. The predicted octanol–water partition coefficient (Wildman–Crippen LogP) is 3.25. The van der Waals surface area contributed by atoms with Gasteiger partial charge < -0.3 is 25.0 Å². The summed E-state index contributed by atoms with van der Waals surface area (Å²) in [4.78, 5) is 25.6. The number of ether oxygens (including phenoxy) is 2. The molecule has 0 spiro atoms. The predicted molar refractivity (Wildman–Crippen MR) is 152 cm³/mol. The Bertz CT molecular complexity index is 1420. The molecule has 3 aromatic rings. The van der Waals surface area contributed by atoms with E-state index in [-0.39, 0.29) is 12.0 Å². The topological polar surface area (TPSA) is 116 Å². The van der Waals surface area contributed by atoms with Crippen LogP contribution in [0.5, 0.6) is 5.75 Å². The lowest BCUT2D eigenvalue weighted by Crippen LogP contribution is -2.56. The second-order valence-corrected chi connectivity index (χ2v) is 10.5. The first kappa shape index (κ1) is 26.0. The molecule has 40 heavy (non-hydrogen) atoms. The SMILES string of the molecule is Cc1cc(Nc2ccnc(-c3ccc(O[C@@H]4CCC(=O)NC4)c(C#N)c3)n2)ccc1N1CCN(C2COC2)CC1. The fraction of sp³-hybridized carbons (Fsp3) is 0.400. The smallest absolute Gasteiger partial charge is 0.220 e. The molecule has 1 amide bonds.